The lowest BCUT2D eigenvalue weighted by atomic mass is 9.77. The van der Waals surface area contributed by atoms with Gasteiger partial charge in [-0.3, -0.25) is 4.79 Å². The van der Waals surface area contributed by atoms with Gasteiger partial charge in [0.15, 0.2) is 0 Å². The number of nitrogens with one attached hydrogen (secondary N) is 1. The van der Waals surface area contributed by atoms with Crippen molar-refractivity contribution in [2.24, 2.45) is 11.7 Å². The van der Waals surface area contributed by atoms with Gasteiger partial charge in [0.2, 0.25) is 5.91 Å². The fraction of sp³-hybridized carbons (Fsp3) is 0.923. The van der Waals surface area contributed by atoms with Crippen LogP contribution in [-0.4, -0.2) is 42.0 Å². The molecule has 0 aromatic rings. The molecule has 1 aliphatic carbocycles. The van der Waals surface area contributed by atoms with Gasteiger partial charge in [0, 0.05) is 19.1 Å². The summed E-state index contributed by atoms with van der Waals surface area (Å²) in [5.74, 6) is 0.664. The zero-order valence-electron chi connectivity index (χ0n) is 11.0. The minimum Gasteiger partial charge on any atom is -0.354 e. The average Bonchev–Trinajstić information content (AvgIpc) is 2.71. The lowest BCUT2D eigenvalue weighted by molar-refractivity contribution is -0.129. The highest BCUT2D eigenvalue weighted by atomic mass is 16.2. The molecular weight excluding hydrogens is 214 g/mol. The smallest absolute Gasteiger partial charge is 0.240 e. The summed E-state index contributed by atoms with van der Waals surface area (Å²) in [6.45, 7) is 7.51. The third-order valence-corrected chi connectivity index (χ3v) is 4.30. The Kier molecular flexibility index (Phi) is 3.73. The second kappa shape index (κ2) is 4.94. The van der Waals surface area contributed by atoms with Gasteiger partial charge in [-0.2, -0.15) is 0 Å². The van der Waals surface area contributed by atoms with Crippen LogP contribution in [0.4, 0.5) is 0 Å². The van der Waals surface area contributed by atoms with E-state index >= 15 is 0 Å². The number of amides is 1. The maximum absolute atomic E-state index is 11.9. The number of hydrogen-bond donors (Lipinski definition) is 2. The first kappa shape index (κ1) is 12.8. The molecule has 0 radical (unpaired) electrons. The quantitative estimate of drug-likeness (QED) is 0.760. The van der Waals surface area contributed by atoms with Crippen LogP contribution in [0.25, 0.3) is 0 Å². The lowest BCUT2D eigenvalue weighted by Gasteiger charge is -2.36. The molecule has 1 unspecified atom stereocenters. The van der Waals surface area contributed by atoms with Crippen LogP contribution in [0.15, 0.2) is 0 Å². The molecule has 2 fully saturated rings. The van der Waals surface area contributed by atoms with Crippen molar-refractivity contribution in [2.45, 2.75) is 51.1 Å². The van der Waals surface area contributed by atoms with Gasteiger partial charge in [0.25, 0.3) is 0 Å². The summed E-state index contributed by atoms with van der Waals surface area (Å²) in [4.78, 5) is 14.3. The Balaban J connectivity index is 1.71. The number of nitrogens with two attached hydrogens (primary N) is 1. The first-order valence-corrected chi connectivity index (χ1v) is 6.82. The summed E-state index contributed by atoms with van der Waals surface area (Å²) >= 11 is 0. The maximum atomic E-state index is 11.9. The molecule has 2 aliphatic rings. The van der Waals surface area contributed by atoms with Gasteiger partial charge in [-0.1, -0.05) is 0 Å². The Morgan fingerprint density at radius 2 is 2.24 bits per heavy atom. The number of rotatable bonds is 4. The molecule has 1 amide bonds. The topological polar surface area (TPSA) is 58.4 Å². The largest absolute Gasteiger partial charge is 0.354 e. The van der Waals surface area contributed by atoms with Crippen LogP contribution >= 0.6 is 0 Å². The van der Waals surface area contributed by atoms with Gasteiger partial charge in [0.1, 0.15) is 0 Å². The number of carbonyl (C=O) groups is 1. The van der Waals surface area contributed by atoms with E-state index in [-0.39, 0.29) is 5.91 Å². The zero-order chi connectivity index (χ0) is 12.5. The Morgan fingerprint density at radius 3 is 2.71 bits per heavy atom. The molecule has 0 bridgehead atoms. The van der Waals surface area contributed by atoms with Gasteiger partial charge in [-0.25, -0.2) is 0 Å². The zero-order valence-corrected chi connectivity index (χ0v) is 11.0. The molecule has 98 valence electrons. The molecule has 3 N–H and O–H groups in total. The molecule has 0 aromatic heterocycles. The lowest BCUT2D eigenvalue weighted by Crippen LogP contribution is -2.59. The van der Waals surface area contributed by atoms with E-state index in [1.807, 2.05) is 0 Å². The van der Waals surface area contributed by atoms with Crippen molar-refractivity contribution < 1.29 is 4.79 Å². The van der Waals surface area contributed by atoms with Gasteiger partial charge in [-0.05, 0) is 52.0 Å². The highest BCUT2D eigenvalue weighted by molar-refractivity contribution is 5.86. The Bertz CT molecular complexity index is 286. The average molecular weight is 239 g/mol. The second-order valence-corrected chi connectivity index (χ2v) is 5.96. The Labute approximate surface area is 104 Å². The van der Waals surface area contributed by atoms with E-state index in [2.05, 4.69) is 24.1 Å². The summed E-state index contributed by atoms with van der Waals surface area (Å²) < 4.78 is 0. The molecule has 2 rings (SSSR count). The highest BCUT2D eigenvalue weighted by Gasteiger charge is 2.40. The van der Waals surface area contributed by atoms with Crippen LogP contribution in [0.3, 0.4) is 0 Å². The molecule has 4 heteroatoms. The van der Waals surface area contributed by atoms with E-state index in [0.29, 0.717) is 12.0 Å². The molecule has 0 spiro atoms. The maximum Gasteiger partial charge on any atom is 0.240 e. The van der Waals surface area contributed by atoms with Crippen molar-refractivity contribution in [1.82, 2.24) is 10.2 Å². The molecule has 1 heterocycles. The van der Waals surface area contributed by atoms with E-state index in [4.69, 9.17) is 5.73 Å². The fourth-order valence-electron chi connectivity index (χ4n) is 2.70. The number of nitrogens with zero attached hydrogens (tertiary/aromatic N) is 1. The predicted octanol–water partition coefficient (Wildman–Crippen LogP) is 0.714. The van der Waals surface area contributed by atoms with Crippen molar-refractivity contribution >= 4 is 5.91 Å². The summed E-state index contributed by atoms with van der Waals surface area (Å²) in [6, 6.07) is 0.614. The third-order valence-electron chi connectivity index (χ3n) is 4.30. The minimum absolute atomic E-state index is 0.0618. The minimum atomic E-state index is -0.545. The van der Waals surface area contributed by atoms with E-state index in [1.165, 1.54) is 6.42 Å². The fourth-order valence-corrected chi connectivity index (χ4v) is 2.70. The number of carbonyl (C=O) groups excluding carboxylic acids is 1. The summed E-state index contributed by atoms with van der Waals surface area (Å²) in [7, 11) is 0. The van der Waals surface area contributed by atoms with Crippen molar-refractivity contribution in [1.29, 1.82) is 0 Å². The van der Waals surface area contributed by atoms with Gasteiger partial charge in [-0.15, -0.1) is 0 Å². The van der Waals surface area contributed by atoms with Crippen LogP contribution in [0.2, 0.25) is 0 Å². The monoisotopic (exact) mass is 239 g/mol. The highest BCUT2D eigenvalue weighted by Crippen LogP contribution is 2.29. The standard InChI is InChI=1S/C13H25N3O/c1-10(2)16-7-4-11(9-16)8-15-12(17)13(14)5-3-6-13/h10-11H,3-9,14H2,1-2H3,(H,15,17). The molecule has 1 saturated carbocycles. The van der Waals surface area contributed by atoms with Gasteiger partial charge < -0.3 is 16.0 Å². The Morgan fingerprint density at radius 1 is 1.53 bits per heavy atom. The van der Waals surface area contributed by atoms with Crippen molar-refractivity contribution in [3.8, 4) is 0 Å². The van der Waals surface area contributed by atoms with Crippen LogP contribution in [0.1, 0.15) is 39.5 Å². The normalized spacial score (nSPS) is 28.1. The summed E-state index contributed by atoms with van der Waals surface area (Å²) in [6.07, 6.45) is 3.98. The van der Waals surface area contributed by atoms with Crippen LogP contribution in [0.5, 0.6) is 0 Å². The van der Waals surface area contributed by atoms with Crippen LogP contribution in [0, 0.1) is 5.92 Å². The van der Waals surface area contributed by atoms with E-state index in [0.717, 1.165) is 38.9 Å². The van der Waals surface area contributed by atoms with Crippen LogP contribution in [-0.2, 0) is 4.79 Å². The Hall–Kier alpha value is -0.610. The molecule has 0 aromatic carbocycles. The van der Waals surface area contributed by atoms with E-state index in [9.17, 15) is 4.79 Å². The first-order valence-electron chi connectivity index (χ1n) is 6.82. The second-order valence-electron chi connectivity index (χ2n) is 5.96. The SMILES string of the molecule is CC(C)N1CCC(CNC(=O)C2(N)CCC2)C1. The van der Waals surface area contributed by atoms with Crippen molar-refractivity contribution in [2.75, 3.05) is 19.6 Å². The number of likely N-dealkylation sites (tertiary alicyclic amines) is 1. The molecule has 17 heavy (non-hydrogen) atoms. The van der Waals surface area contributed by atoms with E-state index in [1.54, 1.807) is 0 Å². The summed E-state index contributed by atoms with van der Waals surface area (Å²) in [5.41, 5.74) is 5.44. The summed E-state index contributed by atoms with van der Waals surface area (Å²) in [5, 5.41) is 3.04. The predicted molar refractivity (Wildman–Crippen MR) is 68.6 cm³/mol. The molecule has 1 aliphatic heterocycles. The van der Waals surface area contributed by atoms with Crippen molar-refractivity contribution in [3.05, 3.63) is 0 Å². The third kappa shape index (κ3) is 2.80. The first-order chi connectivity index (χ1) is 8.01. The van der Waals surface area contributed by atoms with Crippen LogP contribution < -0.4 is 11.1 Å². The number of hydrogen-bond acceptors (Lipinski definition) is 3. The van der Waals surface area contributed by atoms with Crippen molar-refractivity contribution in [3.63, 3.8) is 0 Å². The molecular formula is C13H25N3O. The molecule has 1 atom stereocenters. The van der Waals surface area contributed by atoms with E-state index < -0.39 is 5.54 Å². The van der Waals surface area contributed by atoms with Gasteiger partial charge >= 0.3 is 0 Å². The van der Waals surface area contributed by atoms with Gasteiger partial charge in [0.05, 0.1) is 5.54 Å². The molecule has 4 nitrogen and oxygen atoms in total. The molecule has 1 saturated heterocycles.